The molecule has 0 aromatic carbocycles. The molecular formula is C9H17N3. The molecule has 1 heterocycles. The molecule has 3 nitrogen and oxygen atoms in total. The Bertz CT molecular complexity index is 165. The first-order valence-corrected chi connectivity index (χ1v) is 4.70. The summed E-state index contributed by atoms with van der Waals surface area (Å²) in [5, 5.41) is 15.6. The van der Waals surface area contributed by atoms with Gasteiger partial charge in [0.05, 0.1) is 6.07 Å². The molecule has 1 fully saturated rings. The van der Waals surface area contributed by atoms with Crippen LogP contribution < -0.4 is 10.6 Å². The average Bonchev–Trinajstić information content (AvgIpc) is 2.16. The Morgan fingerprint density at radius 3 is 3.00 bits per heavy atom. The van der Waals surface area contributed by atoms with Gasteiger partial charge < -0.3 is 5.32 Å². The lowest BCUT2D eigenvalue weighted by Crippen LogP contribution is -2.54. The number of nitrogens with zero attached hydrogens (tertiary/aromatic N) is 1. The molecule has 0 spiro atoms. The Hall–Kier alpha value is -0.590. The molecule has 12 heavy (non-hydrogen) atoms. The van der Waals surface area contributed by atoms with Gasteiger partial charge in [-0.1, -0.05) is 6.92 Å². The Kier molecular flexibility index (Phi) is 3.51. The number of nitrogens with one attached hydrogen (secondary N) is 2. The topological polar surface area (TPSA) is 47.9 Å². The molecule has 1 atom stereocenters. The molecule has 1 saturated heterocycles. The van der Waals surface area contributed by atoms with E-state index in [1.807, 2.05) is 0 Å². The molecule has 0 saturated carbocycles. The molecule has 0 amide bonds. The summed E-state index contributed by atoms with van der Waals surface area (Å²) >= 11 is 0. The lowest BCUT2D eigenvalue weighted by molar-refractivity contribution is 0.316. The zero-order valence-corrected chi connectivity index (χ0v) is 7.69. The molecule has 1 aliphatic heterocycles. The van der Waals surface area contributed by atoms with Crippen LogP contribution in [-0.4, -0.2) is 25.2 Å². The standard InChI is InChI=1S/C9H17N3/c1-2-5-12-9(7-10)4-3-6-11-8-9/h11-12H,2-6,8H2,1H3. The van der Waals surface area contributed by atoms with Crippen molar-refractivity contribution in [3.05, 3.63) is 0 Å². The quantitative estimate of drug-likeness (QED) is 0.648. The smallest absolute Gasteiger partial charge is 0.119 e. The summed E-state index contributed by atoms with van der Waals surface area (Å²) in [4.78, 5) is 0. The molecule has 0 aromatic heterocycles. The highest BCUT2D eigenvalue weighted by atomic mass is 15.0. The second-order valence-electron chi connectivity index (χ2n) is 3.40. The van der Waals surface area contributed by atoms with Gasteiger partial charge >= 0.3 is 0 Å². The van der Waals surface area contributed by atoms with E-state index in [9.17, 15) is 0 Å². The number of nitriles is 1. The van der Waals surface area contributed by atoms with Crippen molar-refractivity contribution < 1.29 is 0 Å². The average molecular weight is 167 g/mol. The van der Waals surface area contributed by atoms with Gasteiger partial charge in [0.2, 0.25) is 0 Å². The van der Waals surface area contributed by atoms with Gasteiger partial charge in [0.15, 0.2) is 0 Å². The van der Waals surface area contributed by atoms with Crippen LogP contribution in [0.25, 0.3) is 0 Å². The van der Waals surface area contributed by atoms with Crippen LogP contribution in [0, 0.1) is 11.3 Å². The largest absolute Gasteiger partial charge is 0.314 e. The van der Waals surface area contributed by atoms with Crippen LogP contribution in [0.15, 0.2) is 0 Å². The number of hydrogen-bond acceptors (Lipinski definition) is 3. The maximum atomic E-state index is 9.02. The lowest BCUT2D eigenvalue weighted by atomic mass is 9.92. The van der Waals surface area contributed by atoms with Gasteiger partial charge in [-0.25, -0.2) is 0 Å². The van der Waals surface area contributed by atoms with Gasteiger partial charge in [0, 0.05) is 6.54 Å². The summed E-state index contributed by atoms with van der Waals surface area (Å²) in [6.07, 6.45) is 3.17. The molecule has 3 heteroatoms. The summed E-state index contributed by atoms with van der Waals surface area (Å²) in [6.45, 7) is 4.91. The van der Waals surface area contributed by atoms with Gasteiger partial charge in [-0.3, -0.25) is 5.32 Å². The number of hydrogen-bond donors (Lipinski definition) is 2. The summed E-state index contributed by atoms with van der Waals surface area (Å²) in [6, 6.07) is 2.38. The highest BCUT2D eigenvalue weighted by molar-refractivity contribution is 5.10. The van der Waals surface area contributed by atoms with E-state index in [2.05, 4.69) is 23.6 Å². The van der Waals surface area contributed by atoms with Crippen molar-refractivity contribution in [2.45, 2.75) is 31.7 Å². The molecule has 68 valence electrons. The van der Waals surface area contributed by atoms with Crippen LogP contribution in [-0.2, 0) is 0 Å². The summed E-state index contributed by atoms with van der Waals surface area (Å²) in [5.74, 6) is 0. The normalized spacial score (nSPS) is 29.7. The van der Waals surface area contributed by atoms with Gasteiger partial charge in [-0.2, -0.15) is 5.26 Å². The third-order valence-corrected chi connectivity index (χ3v) is 2.31. The fourth-order valence-electron chi connectivity index (χ4n) is 1.56. The first-order valence-electron chi connectivity index (χ1n) is 4.70. The van der Waals surface area contributed by atoms with Gasteiger partial charge in [-0.15, -0.1) is 0 Å². The zero-order valence-electron chi connectivity index (χ0n) is 7.69. The third kappa shape index (κ3) is 2.20. The summed E-state index contributed by atoms with van der Waals surface area (Å²) in [5.41, 5.74) is -0.283. The van der Waals surface area contributed by atoms with E-state index < -0.39 is 0 Å². The fourth-order valence-corrected chi connectivity index (χ4v) is 1.56. The molecule has 0 aliphatic carbocycles. The zero-order chi connectivity index (χ0) is 8.86. The highest BCUT2D eigenvalue weighted by Crippen LogP contribution is 2.14. The van der Waals surface area contributed by atoms with Crippen molar-refractivity contribution in [1.29, 1.82) is 5.26 Å². The van der Waals surface area contributed by atoms with E-state index in [1.165, 1.54) is 0 Å². The molecule has 0 radical (unpaired) electrons. The van der Waals surface area contributed by atoms with Gasteiger partial charge in [-0.05, 0) is 32.4 Å². The SMILES string of the molecule is CCCNC1(C#N)CCCNC1. The molecule has 0 aromatic rings. The van der Waals surface area contributed by atoms with Gasteiger partial charge in [0.1, 0.15) is 5.54 Å². The first-order chi connectivity index (χ1) is 5.83. The van der Waals surface area contributed by atoms with E-state index in [0.29, 0.717) is 0 Å². The molecule has 2 N–H and O–H groups in total. The predicted octanol–water partition coefficient (Wildman–Crippen LogP) is 0.632. The van der Waals surface area contributed by atoms with E-state index in [0.717, 1.165) is 38.9 Å². The van der Waals surface area contributed by atoms with Gasteiger partial charge in [0.25, 0.3) is 0 Å². The molecule has 1 rings (SSSR count). The van der Waals surface area contributed by atoms with Crippen LogP contribution in [0.3, 0.4) is 0 Å². The Balaban J connectivity index is 2.44. The molecular weight excluding hydrogens is 150 g/mol. The summed E-state index contributed by atoms with van der Waals surface area (Å²) in [7, 11) is 0. The van der Waals surface area contributed by atoms with E-state index >= 15 is 0 Å². The van der Waals surface area contributed by atoms with Crippen molar-refractivity contribution in [3.8, 4) is 6.07 Å². The number of rotatable bonds is 3. The lowest BCUT2D eigenvalue weighted by Gasteiger charge is -2.32. The second-order valence-corrected chi connectivity index (χ2v) is 3.40. The van der Waals surface area contributed by atoms with E-state index in [4.69, 9.17) is 5.26 Å². The number of piperidine rings is 1. The molecule has 1 unspecified atom stereocenters. The van der Waals surface area contributed by atoms with Crippen molar-refractivity contribution in [2.24, 2.45) is 0 Å². The minimum Gasteiger partial charge on any atom is -0.314 e. The summed E-state index contributed by atoms with van der Waals surface area (Å²) < 4.78 is 0. The minimum atomic E-state index is -0.283. The fraction of sp³-hybridized carbons (Fsp3) is 0.889. The maximum absolute atomic E-state index is 9.02. The second kappa shape index (κ2) is 4.44. The van der Waals surface area contributed by atoms with Crippen LogP contribution >= 0.6 is 0 Å². The molecule has 0 bridgehead atoms. The molecule has 1 aliphatic rings. The van der Waals surface area contributed by atoms with E-state index in [-0.39, 0.29) is 5.54 Å². The van der Waals surface area contributed by atoms with E-state index in [1.54, 1.807) is 0 Å². The van der Waals surface area contributed by atoms with Crippen molar-refractivity contribution >= 4 is 0 Å². The highest BCUT2D eigenvalue weighted by Gasteiger charge is 2.30. The Morgan fingerprint density at radius 2 is 2.50 bits per heavy atom. The van der Waals surface area contributed by atoms with Crippen molar-refractivity contribution in [2.75, 3.05) is 19.6 Å². The van der Waals surface area contributed by atoms with Crippen LogP contribution in [0.4, 0.5) is 0 Å². The van der Waals surface area contributed by atoms with Crippen LogP contribution in [0.2, 0.25) is 0 Å². The van der Waals surface area contributed by atoms with Crippen LogP contribution in [0.5, 0.6) is 0 Å². The Morgan fingerprint density at radius 1 is 1.67 bits per heavy atom. The maximum Gasteiger partial charge on any atom is 0.119 e. The minimum absolute atomic E-state index is 0.283. The van der Waals surface area contributed by atoms with Crippen molar-refractivity contribution in [3.63, 3.8) is 0 Å². The van der Waals surface area contributed by atoms with Crippen molar-refractivity contribution in [1.82, 2.24) is 10.6 Å². The third-order valence-electron chi connectivity index (χ3n) is 2.31. The predicted molar refractivity (Wildman–Crippen MR) is 48.7 cm³/mol. The van der Waals surface area contributed by atoms with Crippen LogP contribution in [0.1, 0.15) is 26.2 Å². The first kappa shape index (κ1) is 9.50. The monoisotopic (exact) mass is 167 g/mol. The Labute approximate surface area is 74.1 Å².